The van der Waals surface area contributed by atoms with Gasteiger partial charge in [-0.2, -0.15) is 0 Å². The smallest absolute Gasteiger partial charge is 0.332 e. The van der Waals surface area contributed by atoms with Gasteiger partial charge in [0.05, 0.1) is 0 Å². The molecule has 1 fully saturated rings. The van der Waals surface area contributed by atoms with E-state index in [1.807, 2.05) is 25.9 Å². The molecular formula is C13H23N3O2. The van der Waals surface area contributed by atoms with Crippen LogP contribution in [0.2, 0.25) is 0 Å². The van der Waals surface area contributed by atoms with Gasteiger partial charge in [-0.05, 0) is 34.9 Å². The van der Waals surface area contributed by atoms with Crippen LogP contribution in [0.1, 0.15) is 20.8 Å². The lowest BCUT2D eigenvalue weighted by Crippen LogP contribution is -2.60. The van der Waals surface area contributed by atoms with E-state index in [1.165, 1.54) is 11.4 Å². The number of carbonyl (C=O) groups excluding carboxylic acids is 1. The molecule has 5 heteroatoms. The molecule has 0 N–H and O–H groups in total. The third-order valence-electron chi connectivity index (χ3n) is 4.10. The summed E-state index contributed by atoms with van der Waals surface area (Å²) in [6, 6.07) is -0.148. The Morgan fingerprint density at radius 3 is 2.56 bits per heavy atom. The van der Waals surface area contributed by atoms with Crippen molar-refractivity contribution >= 4 is 5.97 Å². The summed E-state index contributed by atoms with van der Waals surface area (Å²) in [4.78, 5) is 18.6. The Kier molecular flexibility index (Phi) is 3.52. The zero-order valence-corrected chi connectivity index (χ0v) is 11.9. The van der Waals surface area contributed by atoms with Crippen molar-refractivity contribution in [3.63, 3.8) is 0 Å². The summed E-state index contributed by atoms with van der Waals surface area (Å²) in [7, 11) is 3.81. The Labute approximate surface area is 109 Å². The highest BCUT2D eigenvalue weighted by atomic mass is 16.6. The van der Waals surface area contributed by atoms with Crippen molar-refractivity contribution in [2.45, 2.75) is 33.0 Å². The lowest BCUT2D eigenvalue weighted by Gasteiger charge is -2.49. The van der Waals surface area contributed by atoms with E-state index in [0.717, 1.165) is 19.6 Å². The highest BCUT2D eigenvalue weighted by Crippen LogP contribution is 2.29. The lowest BCUT2D eigenvalue weighted by molar-refractivity contribution is -0.164. The van der Waals surface area contributed by atoms with Gasteiger partial charge >= 0.3 is 5.97 Å². The largest absolute Gasteiger partial charge is 0.445 e. The second kappa shape index (κ2) is 4.80. The van der Waals surface area contributed by atoms with Gasteiger partial charge in [-0.1, -0.05) is 0 Å². The summed E-state index contributed by atoms with van der Waals surface area (Å²) < 4.78 is 5.48. The molecule has 3 heterocycles. The van der Waals surface area contributed by atoms with Gasteiger partial charge in [-0.15, -0.1) is 0 Å². The van der Waals surface area contributed by atoms with Crippen LogP contribution in [0.15, 0.2) is 11.4 Å². The van der Waals surface area contributed by atoms with E-state index in [9.17, 15) is 4.79 Å². The SMILES string of the molecule is CC1=C(C)N2CCN1CC2C(=O)OC(C)N(C)C. The number of hydrogen-bond acceptors (Lipinski definition) is 5. The van der Waals surface area contributed by atoms with Crippen LogP contribution in [0.5, 0.6) is 0 Å². The zero-order chi connectivity index (χ0) is 13.4. The van der Waals surface area contributed by atoms with E-state index in [1.54, 1.807) is 0 Å². The topological polar surface area (TPSA) is 36.0 Å². The van der Waals surface area contributed by atoms with Gasteiger partial charge in [-0.25, -0.2) is 4.79 Å². The molecule has 3 aliphatic heterocycles. The van der Waals surface area contributed by atoms with Crippen LogP contribution in [-0.2, 0) is 9.53 Å². The summed E-state index contributed by atoms with van der Waals surface area (Å²) in [5.41, 5.74) is 2.48. The van der Waals surface area contributed by atoms with Crippen LogP contribution in [0.3, 0.4) is 0 Å². The minimum absolute atomic E-state index is 0.118. The number of allylic oxidation sites excluding steroid dienone is 2. The summed E-state index contributed by atoms with van der Waals surface area (Å²) in [6.07, 6.45) is -0.181. The number of hydrogen-bond donors (Lipinski definition) is 0. The molecule has 0 radical (unpaired) electrons. The van der Waals surface area contributed by atoms with Crippen LogP contribution >= 0.6 is 0 Å². The first-order valence-electron chi connectivity index (χ1n) is 6.47. The minimum Gasteiger partial charge on any atom is -0.445 e. The van der Waals surface area contributed by atoms with Gasteiger partial charge in [0.25, 0.3) is 0 Å². The molecule has 102 valence electrons. The van der Waals surface area contributed by atoms with Crippen molar-refractivity contribution in [2.75, 3.05) is 33.7 Å². The van der Waals surface area contributed by atoms with E-state index in [2.05, 4.69) is 23.6 Å². The van der Waals surface area contributed by atoms with Crippen molar-refractivity contribution in [3.8, 4) is 0 Å². The molecular weight excluding hydrogens is 230 g/mol. The summed E-state index contributed by atoms with van der Waals surface area (Å²) >= 11 is 0. The molecule has 5 nitrogen and oxygen atoms in total. The maximum absolute atomic E-state index is 12.2. The number of ether oxygens (including phenoxy) is 1. The molecule has 2 bridgehead atoms. The highest BCUT2D eigenvalue weighted by Gasteiger charge is 2.39. The van der Waals surface area contributed by atoms with Crippen molar-refractivity contribution < 1.29 is 9.53 Å². The molecule has 2 unspecified atom stereocenters. The molecule has 0 spiro atoms. The number of esters is 1. The fraction of sp³-hybridized carbons (Fsp3) is 0.769. The normalized spacial score (nSPS) is 24.9. The van der Waals surface area contributed by atoms with E-state index in [-0.39, 0.29) is 18.2 Å². The van der Waals surface area contributed by atoms with Crippen LogP contribution in [-0.4, -0.2) is 66.7 Å². The second-order valence-electron chi connectivity index (χ2n) is 5.33. The third-order valence-corrected chi connectivity index (χ3v) is 4.10. The molecule has 1 saturated heterocycles. The summed E-state index contributed by atoms with van der Waals surface area (Å²) in [5, 5.41) is 0. The number of piperazine rings is 1. The van der Waals surface area contributed by atoms with E-state index < -0.39 is 0 Å². The second-order valence-corrected chi connectivity index (χ2v) is 5.33. The van der Waals surface area contributed by atoms with Crippen LogP contribution in [0.25, 0.3) is 0 Å². The molecule has 2 atom stereocenters. The van der Waals surface area contributed by atoms with E-state index in [4.69, 9.17) is 4.74 Å². The maximum Gasteiger partial charge on any atom is 0.332 e. The van der Waals surface area contributed by atoms with Crippen molar-refractivity contribution in [1.82, 2.24) is 14.7 Å². The first kappa shape index (κ1) is 13.2. The quantitative estimate of drug-likeness (QED) is 0.546. The fourth-order valence-corrected chi connectivity index (χ4v) is 2.48. The first-order valence-corrected chi connectivity index (χ1v) is 6.47. The number of rotatable bonds is 3. The Morgan fingerprint density at radius 2 is 2.00 bits per heavy atom. The van der Waals surface area contributed by atoms with Crippen LogP contribution < -0.4 is 0 Å². The first-order chi connectivity index (χ1) is 8.41. The van der Waals surface area contributed by atoms with E-state index >= 15 is 0 Å². The van der Waals surface area contributed by atoms with Crippen LogP contribution in [0, 0.1) is 0 Å². The summed E-state index contributed by atoms with van der Waals surface area (Å²) in [5.74, 6) is -0.118. The number of carbonyl (C=O) groups is 1. The van der Waals surface area contributed by atoms with Crippen molar-refractivity contribution in [1.29, 1.82) is 0 Å². The fourth-order valence-electron chi connectivity index (χ4n) is 2.48. The van der Waals surface area contributed by atoms with Crippen molar-refractivity contribution in [3.05, 3.63) is 11.4 Å². The molecule has 3 aliphatic rings. The predicted molar refractivity (Wildman–Crippen MR) is 69.7 cm³/mol. The van der Waals surface area contributed by atoms with Gasteiger partial charge < -0.3 is 14.5 Å². The van der Waals surface area contributed by atoms with Gasteiger partial charge in [-0.3, -0.25) is 4.90 Å². The Balaban J connectivity index is 2.06. The monoisotopic (exact) mass is 253 g/mol. The lowest BCUT2D eigenvalue weighted by atomic mass is 10.0. The van der Waals surface area contributed by atoms with E-state index in [0.29, 0.717) is 0 Å². The summed E-state index contributed by atoms with van der Waals surface area (Å²) in [6.45, 7) is 8.77. The van der Waals surface area contributed by atoms with Crippen molar-refractivity contribution in [2.24, 2.45) is 0 Å². The van der Waals surface area contributed by atoms with Gasteiger partial charge in [0.2, 0.25) is 0 Å². The molecule has 0 aromatic rings. The maximum atomic E-state index is 12.2. The Hall–Kier alpha value is -1.23. The number of nitrogens with zero attached hydrogens (tertiary/aromatic N) is 3. The van der Waals surface area contributed by atoms with Gasteiger partial charge in [0.15, 0.2) is 6.23 Å². The van der Waals surface area contributed by atoms with Crippen LogP contribution in [0.4, 0.5) is 0 Å². The predicted octanol–water partition coefficient (Wildman–Crippen LogP) is 0.688. The van der Waals surface area contributed by atoms with Gasteiger partial charge in [0.1, 0.15) is 6.04 Å². The van der Waals surface area contributed by atoms with Gasteiger partial charge in [0, 0.05) is 31.0 Å². The molecule has 3 rings (SSSR count). The standard InChI is InChI=1S/C13H23N3O2/c1-9-10(2)16-7-6-15(9)8-12(16)13(17)18-11(3)14(4)5/h11-12H,6-8H2,1-5H3. The third kappa shape index (κ3) is 2.19. The number of fused-ring (bicyclic) bond motifs is 2. The average Bonchev–Trinajstić information content (AvgIpc) is 2.34. The minimum atomic E-state index is -0.181. The zero-order valence-electron chi connectivity index (χ0n) is 11.9. The molecule has 0 saturated carbocycles. The average molecular weight is 253 g/mol. The highest BCUT2D eigenvalue weighted by molar-refractivity contribution is 5.77. The Bertz CT molecular complexity index is 378. The molecule has 18 heavy (non-hydrogen) atoms. The molecule has 0 amide bonds. The molecule has 0 aromatic carbocycles. The molecule has 0 aliphatic carbocycles. The molecule has 0 aromatic heterocycles. The Morgan fingerprint density at radius 1 is 1.33 bits per heavy atom.